The summed E-state index contributed by atoms with van der Waals surface area (Å²) in [6, 6.07) is 0. The van der Waals surface area contributed by atoms with Crippen LogP contribution in [-0.4, -0.2) is 42.1 Å². The summed E-state index contributed by atoms with van der Waals surface area (Å²) in [5, 5.41) is 11.3. The average Bonchev–Trinajstić information content (AvgIpc) is 2.08. The van der Waals surface area contributed by atoms with Crippen molar-refractivity contribution >= 4 is 8.03 Å². The SMILES string of the molecule is C1COCCN1.CC(O)[PH](=O)O. The van der Waals surface area contributed by atoms with Gasteiger partial charge in [-0.15, -0.1) is 0 Å². The van der Waals surface area contributed by atoms with Crippen molar-refractivity contribution in [3.63, 3.8) is 0 Å². The van der Waals surface area contributed by atoms with Gasteiger partial charge in [0, 0.05) is 13.1 Å². The molecule has 1 heterocycles. The van der Waals surface area contributed by atoms with E-state index in [1.54, 1.807) is 0 Å². The lowest BCUT2D eigenvalue weighted by Gasteiger charge is -2.10. The number of aliphatic hydroxyl groups excluding tert-OH is 1. The molecular formula is C6H16NO4P. The topological polar surface area (TPSA) is 78.8 Å². The highest BCUT2D eigenvalue weighted by molar-refractivity contribution is 7.38. The van der Waals surface area contributed by atoms with Gasteiger partial charge in [0.1, 0.15) is 5.85 Å². The first-order chi connectivity index (χ1) is 5.64. The Bertz CT molecular complexity index is 115. The van der Waals surface area contributed by atoms with E-state index in [0.717, 1.165) is 26.3 Å². The van der Waals surface area contributed by atoms with Gasteiger partial charge in [0.05, 0.1) is 13.2 Å². The monoisotopic (exact) mass is 197 g/mol. The Labute approximate surface area is 72.6 Å². The molecular weight excluding hydrogens is 181 g/mol. The highest BCUT2D eigenvalue weighted by Crippen LogP contribution is 2.17. The third-order valence-electron chi connectivity index (χ3n) is 1.20. The zero-order valence-corrected chi connectivity index (χ0v) is 8.12. The molecule has 0 bridgehead atoms. The molecule has 0 radical (unpaired) electrons. The van der Waals surface area contributed by atoms with E-state index in [0.29, 0.717) is 0 Å². The average molecular weight is 197 g/mol. The van der Waals surface area contributed by atoms with Crippen LogP contribution in [0.15, 0.2) is 0 Å². The van der Waals surface area contributed by atoms with Gasteiger partial charge in [-0.3, -0.25) is 4.57 Å². The molecule has 0 spiro atoms. The van der Waals surface area contributed by atoms with Crippen LogP contribution in [0.5, 0.6) is 0 Å². The number of ether oxygens (including phenoxy) is 1. The summed E-state index contributed by atoms with van der Waals surface area (Å²) in [7, 11) is -2.65. The molecule has 1 saturated heterocycles. The van der Waals surface area contributed by atoms with Gasteiger partial charge in [-0.05, 0) is 6.92 Å². The lowest BCUT2D eigenvalue weighted by Crippen LogP contribution is -2.30. The standard InChI is InChI=1S/C4H9NO.C2H7O3P/c1-3-6-4-2-5-1;1-2(3)6(4)5/h5H,1-4H2;2-3,6H,1H3,(H,4,5). The van der Waals surface area contributed by atoms with Crippen LogP contribution in [0.2, 0.25) is 0 Å². The number of aliphatic hydroxyl groups is 1. The molecule has 3 N–H and O–H groups in total. The molecule has 1 fully saturated rings. The molecule has 0 aliphatic carbocycles. The second-order valence-corrected chi connectivity index (χ2v) is 3.89. The summed E-state index contributed by atoms with van der Waals surface area (Å²) in [5.74, 6) is -1.05. The van der Waals surface area contributed by atoms with E-state index in [4.69, 9.17) is 14.7 Å². The quantitative estimate of drug-likeness (QED) is 0.489. The van der Waals surface area contributed by atoms with E-state index in [2.05, 4.69) is 5.32 Å². The van der Waals surface area contributed by atoms with Crippen LogP contribution in [0.3, 0.4) is 0 Å². The van der Waals surface area contributed by atoms with Crippen molar-refractivity contribution in [3.8, 4) is 0 Å². The second-order valence-electron chi connectivity index (χ2n) is 2.38. The van der Waals surface area contributed by atoms with Gasteiger partial charge in [-0.25, -0.2) is 0 Å². The summed E-state index contributed by atoms with van der Waals surface area (Å²) in [5.41, 5.74) is 0. The number of rotatable bonds is 1. The van der Waals surface area contributed by atoms with Crippen molar-refractivity contribution in [2.75, 3.05) is 26.3 Å². The van der Waals surface area contributed by atoms with Crippen LogP contribution in [0, 0.1) is 0 Å². The van der Waals surface area contributed by atoms with E-state index >= 15 is 0 Å². The number of morpholine rings is 1. The van der Waals surface area contributed by atoms with Gasteiger partial charge in [0.2, 0.25) is 8.03 Å². The minimum absolute atomic E-state index is 0.889. The number of hydrogen-bond acceptors (Lipinski definition) is 4. The zero-order chi connectivity index (χ0) is 9.40. The van der Waals surface area contributed by atoms with Crippen molar-refractivity contribution < 1.29 is 19.3 Å². The largest absolute Gasteiger partial charge is 0.384 e. The number of nitrogens with one attached hydrogen (secondary N) is 1. The van der Waals surface area contributed by atoms with Crippen LogP contribution in [0.1, 0.15) is 6.92 Å². The van der Waals surface area contributed by atoms with E-state index in [-0.39, 0.29) is 0 Å². The Hall–Kier alpha value is 0.0700. The summed E-state index contributed by atoms with van der Waals surface area (Å²) in [6.45, 7) is 5.11. The second kappa shape index (κ2) is 7.71. The highest BCUT2D eigenvalue weighted by Gasteiger charge is 1.97. The summed E-state index contributed by atoms with van der Waals surface area (Å²) in [6.07, 6.45) is 0. The van der Waals surface area contributed by atoms with E-state index < -0.39 is 13.9 Å². The first kappa shape index (κ1) is 12.1. The molecule has 2 atom stereocenters. The molecule has 1 rings (SSSR count). The van der Waals surface area contributed by atoms with Crippen molar-refractivity contribution in [3.05, 3.63) is 0 Å². The van der Waals surface area contributed by atoms with E-state index in [1.165, 1.54) is 6.92 Å². The Balaban J connectivity index is 0.000000202. The zero-order valence-electron chi connectivity index (χ0n) is 7.12. The third kappa shape index (κ3) is 8.17. The fourth-order valence-corrected chi connectivity index (χ4v) is 0.516. The smallest absolute Gasteiger partial charge is 0.216 e. The predicted molar refractivity (Wildman–Crippen MR) is 46.6 cm³/mol. The summed E-state index contributed by atoms with van der Waals surface area (Å²) >= 11 is 0. The molecule has 2 unspecified atom stereocenters. The van der Waals surface area contributed by atoms with Crippen molar-refractivity contribution in [1.82, 2.24) is 5.32 Å². The van der Waals surface area contributed by atoms with Gasteiger partial charge < -0.3 is 20.1 Å². The molecule has 5 nitrogen and oxygen atoms in total. The molecule has 6 heteroatoms. The third-order valence-corrected chi connectivity index (χ3v) is 1.92. The predicted octanol–water partition coefficient (Wildman–Crippen LogP) is -0.602. The molecule has 0 aromatic carbocycles. The fraction of sp³-hybridized carbons (Fsp3) is 1.00. The normalized spacial score (nSPS) is 21.9. The van der Waals surface area contributed by atoms with Gasteiger partial charge in [-0.1, -0.05) is 0 Å². The lowest BCUT2D eigenvalue weighted by atomic mass is 10.5. The Morgan fingerprint density at radius 1 is 1.50 bits per heavy atom. The Kier molecular flexibility index (Phi) is 7.75. The minimum atomic E-state index is -2.65. The molecule has 0 saturated carbocycles. The Morgan fingerprint density at radius 2 is 1.92 bits per heavy atom. The summed E-state index contributed by atoms with van der Waals surface area (Å²) in [4.78, 5) is 7.93. The maximum absolute atomic E-state index is 9.63. The first-order valence-electron chi connectivity index (χ1n) is 3.84. The minimum Gasteiger partial charge on any atom is -0.384 e. The van der Waals surface area contributed by atoms with Gasteiger partial charge >= 0.3 is 0 Å². The number of hydrogen-bond donors (Lipinski definition) is 3. The van der Waals surface area contributed by atoms with Gasteiger partial charge in [0.25, 0.3) is 0 Å². The highest BCUT2D eigenvalue weighted by atomic mass is 31.1. The van der Waals surface area contributed by atoms with Crippen LogP contribution in [0.4, 0.5) is 0 Å². The molecule has 74 valence electrons. The molecule has 12 heavy (non-hydrogen) atoms. The van der Waals surface area contributed by atoms with Crippen molar-refractivity contribution in [2.45, 2.75) is 12.8 Å². The van der Waals surface area contributed by atoms with Gasteiger partial charge in [-0.2, -0.15) is 0 Å². The molecule has 0 amide bonds. The maximum Gasteiger partial charge on any atom is 0.216 e. The first-order valence-corrected chi connectivity index (χ1v) is 5.27. The maximum atomic E-state index is 9.63. The van der Waals surface area contributed by atoms with Crippen LogP contribution >= 0.6 is 8.03 Å². The fourth-order valence-electron chi connectivity index (χ4n) is 0.516. The van der Waals surface area contributed by atoms with Crippen molar-refractivity contribution in [2.24, 2.45) is 0 Å². The summed E-state index contributed by atoms with van der Waals surface area (Å²) < 4.78 is 14.6. The van der Waals surface area contributed by atoms with Gasteiger partial charge in [0.15, 0.2) is 0 Å². The molecule has 1 aliphatic rings. The van der Waals surface area contributed by atoms with E-state index in [9.17, 15) is 4.57 Å². The molecule has 0 aromatic rings. The molecule has 0 aromatic heterocycles. The van der Waals surface area contributed by atoms with Crippen LogP contribution in [-0.2, 0) is 9.30 Å². The van der Waals surface area contributed by atoms with Crippen LogP contribution in [0.25, 0.3) is 0 Å². The van der Waals surface area contributed by atoms with E-state index in [1.807, 2.05) is 0 Å². The molecule has 1 aliphatic heterocycles. The Morgan fingerprint density at radius 3 is 2.00 bits per heavy atom. The lowest BCUT2D eigenvalue weighted by molar-refractivity contribution is 0.109. The van der Waals surface area contributed by atoms with Crippen molar-refractivity contribution in [1.29, 1.82) is 0 Å². The van der Waals surface area contributed by atoms with Crippen LogP contribution < -0.4 is 5.32 Å².